The quantitative estimate of drug-likeness (QED) is 0.106. The third-order valence-corrected chi connectivity index (χ3v) is 11.2. The van der Waals surface area contributed by atoms with Crippen molar-refractivity contribution < 1.29 is 45.3 Å². The number of allylic oxidation sites excluding steroid dienone is 2. The average Bonchev–Trinajstić information content (AvgIpc) is 3.20. The van der Waals surface area contributed by atoms with E-state index in [2.05, 4.69) is 30.9 Å². The Morgan fingerprint density at radius 2 is 2.24 bits per heavy atom. The zero-order valence-corrected chi connectivity index (χ0v) is 23.2. The summed E-state index contributed by atoms with van der Waals surface area (Å²) in [6.07, 6.45) is 14.7. The van der Waals surface area contributed by atoms with Gasteiger partial charge < -0.3 is 0 Å². The second-order valence-corrected chi connectivity index (χ2v) is 13.0. The molecule has 0 aromatic rings. The first-order valence-electron chi connectivity index (χ1n) is 12.9. The Bertz CT molecular complexity index is 760. The molecule has 0 aromatic carbocycles. The van der Waals surface area contributed by atoms with Crippen molar-refractivity contribution in [3.05, 3.63) is 23.8 Å². The molecule has 0 radical (unpaired) electrons. The summed E-state index contributed by atoms with van der Waals surface area (Å²) < 4.78 is 19.2. The third kappa shape index (κ3) is 8.36. The molecule has 5 nitrogen and oxygen atoms in total. The number of carbonyl (C=O) groups is 1. The van der Waals surface area contributed by atoms with Gasteiger partial charge in [-0.3, -0.25) is 0 Å². The first kappa shape index (κ1) is 27.7. The van der Waals surface area contributed by atoms with E-state index in [9.17, 15) is 9.90 Å². The van der Waals surface area contributed by atoms with Gasteiger partial charge in [0, 0.05) is 0 Å². The molecule has 2 aliphatic heterocycles. The van der Waals surface area contributed by atoms with Crippen molar-refractivity contribution >= 4 is 5.97 Å². The van der Waals surface area contributed by atoms with Gasteiger partial charge in [-0.15, -0.1) is 0 Å². The first-order valence-corrected chi connectivity index (χ1v) is 15.6. The third-order valence-electron chi connectivity index (χ3n) is 7.22. The van der Waals surface area contributed by atoms with E-state index < -0.39 is 6.10 Å². The van der Waals surface area contributed by atoms with Crippen LogP contribution in [-0.4, -0.2) is 51.6 Å². The molecule has 1 saturated carbocycles. The Kier molecular flexibility index (Phi) is 11.9. The summed E-state index contributed by atoms with van der Waals surface area (Å²) in [7, 11) is 1.45. The van der Waals surface area contributed by atoms with Crippen LogP contribution in [0.25, 0.3) is 0 Å². The molecule has 1 N–H and O–H groups in total. The molecular weight excluding hydrogens is 543 g/mol. The van der Waals surface area contributed by atoms with Crippen LogP contribution < -0.4 is 21.2 Å². The number of methoxy groups -OCH3 is 1. The molecule has 34 heavy (non-hydrogen) atoms. The van der Waals surface area contributed by atoms with E-state index in [-0.39, 0.29) is 45.5 Å². The van der Waals surface area contributed by atoms with Crippen LogP contribution in [0.15, 0.2) is 23.8 Å². The van der Waals surface area contributed by atoms with E-state index in [1.165, 1.54) is 18.0 Å². The minimum atomic E-state index is -0.488. The Morgan fingerprint density at radius 1 is 1.38 bits per heavy atom. The van der Waals surface area contributed by atoms with Gasteiger partial charge in [0.25, 0.3) is 0 Å². The van der Waals surface area contributed by atoms with E-state index in [1.54, 1.807) is 5.57 Å². The number of fused-ring (bicyclic) bond motifs is 1. The molecule has 1 aliphatic carbocycles. The van der Waals surface area contributed by atoms with E-state index in [1.807, 2.05) is 13.0 Å². The van der Waals surface area contributed by atoms with Gasteiger partial charge in [0.15, 0.2) is 0 Å². The number of rotatable bonds is 10. The molecule has 3 fully saturated rings. The Hall–Kier alpha value is -0.880. The molecule has 0 aromatic heterocycles. The van der Waals surface area contributed by atoms with Gasteiger partial charge >= 0.3 is 217 Å². The summed E-state index contributed by atoms with van der Waals surface area (Å²) in [5.74, 6) is 6.90. The monoisotopic (exact) mass is 585 g/mol. The Labute approximate surface area is 216 Å². The van der Waals surface area contributed by atoms with Gasteiger partial charge in [-0.1, -0.05) is 0 Å². The summed E-state index contributed by atoms with van der Waals surface area (Å²) in [6, 6.07) is 0. The molecule has 192 valence electrons. The second kappa shape index (κ2) is 14.6. The SMILES string of the molecule is CC#CCC(C)[C@H](O)/C=C/C1[C@H]2C/C(=C/CCCC(=O)OC)C[I-]C2C[C@H]1OC1CCCCO1. The fourth-order valence-corrected chi connectivity index (χ4v) is 9.10. The number of aliphatic hydroxyl groups excluding tert-OH is 1. The van der Waals surface area contributed by atoms with Crippen LogP contribution in [0.5, 0.6) is 0 Å². The number of halogens is 1. The normalized spacial score (nSPS) is 32.4. The molecule has 2 saturated heterocycles. The predicted molar refractivity (Wildman–Crippen MR) is 130 cm³/mol. The van der Waals surface area contributed by atoms with Gasteiger partial charge in [0.2, 0.25) is 0 Å². The first-order chi connectivity index (χ1) is 16.5. The maximum atomic E-state index is 11.4. The second-order valence-electron chi connectivity index (χ2n) is 9.77. The zero-order chi connectivity index (χ0) is 24.3. The standard InChI is InChI=1S/C28H42IO5/c1-4-5-10-20(2)25(30)15-14-22-23-17-21(11-6-7-12-27(31)32-3)19-29-24(23)18-26(22)34-28-13-8-9-16-33-28/h11,14-15,20,22-26,28,30H,6-10,12-13,16-19H2,1-3H3/q-1/b15-14+,21-11-/t20?,22?,23-,24?,25-,26-,28?/m1/s1. The predicted octanol–water partition coefficient (Wildman–Crippen LogP) is 1.63. The minimum absolute atomic E-state index is 0.0697. The molecule has 2 heterocycles. The van der Waals surface area contributed by atoms with Gasteiger partial charge in [-0.25, -0.2) is 0 Å². The summed E-state index contributed by atoms with van der Waals surface area (Å²) in [5.41, 5.74) is 1.55. The van der Waals surface area contributed by atoms with Gasteiger partial charge in [0.1, 0.15) is 0 Å². The molecule has 3 rings (SSSR count). The van der Waals surface area contributed by atoms with Crippen LogP contribution >= 0.6 is 0 Å². The fraction of sp³-hybridized carbons (Fsp3) is 0.750. The molecule has 0 bridgehead atoms. The number of alkyl halides is 2. The van der Waals surface area contributed by atoms with Crippen molar-refractivity contribution in [2.75, 3.05) is 18.1 Å². The molecule has 3 aliphatic rings. The van der Waals surface area contributed by atoms with Crippen LogP contribution in [0, 0.1) is 29.6 Å². The summed E-state index contributed by atoms with van der Waals surface area (Å²) >= 11 is 0.0697. The summed E-state index contributed by atoms with van der Waals surface area (Å²) in [5, 5.41) is 10.7. The number of esters is 1. The van der Waals surface area contributed by atoms with Crippen molar-refractivity contribution in [2.45, 2.75) is 94.1 Å². The summed E-state index contributed by atoms with van der Waals surface area (Å²) in [4.78, 5) is 11.4. The van der Waals surface area contributed by atoms with Crippen molar-refractivity contribution in [2.24, 2.45) is 17.8 Å². The van der Waals surface area contributed by atoms with Gasteiger partial charge in [0.05, 0.1) is 0 Å². The molecule has 6 heteroatoms. The van der Waals surface area contributed by atoms with Crippen molar-refractivity contribution in [1.29, 1.82) is 0 Å². The average molecular weight is 586 g/mol. The number of carbonyl (C=O) groups excluding carboxylic acids is 1. The van der Waals surface area contributed by atoms with E-state index in [4.69, 9.17) is 14.2 Å². The van der Waals surface area contributed by atoms with Gasteiger partial charge in [-0.05, 0) is 0 Å². The van der Waals surface area contributed by atoms with Crippen LogP contribution in [-0.2, 0) is 19.0 Å². The topological polar surface area (TPSA) is 65.0 Å². The molecular formula is C28H42IO5-. The van der Waals surface area contributed by atoms with E-state index in [0.717, 1.165) is 49.1 Å². The fourth-order valence-electron chi connectivity index (χ4n) is 5.10. The van der Waals surface area contributed by atoms with Crippen molar-refractivity contribution in [1.82, 2.24) is 0 Å². The number of hydrogen-bond donors (Lipinski definition) is 1. The van der Waals surface area contributed by atoms with Crippen molar-refractivity contribution in [3.63, 3.8) is 0 Å². The molecule has 0 spiro atoms. The van der Waals surface area contributed by atoms with Crippen LogP contribution in [0.2, 0.25) is 0 Å². The maximum absolute atomic E-state index is 11.4. The Morgan fingerprint density at radius 3 is 2.97 bits per heavy atom. The van der Waals surface area contributed by atoms with Crippen molar-refractivity contribution in [3.8, 4) is 11.8 Å². The number of hydrogen-bond acceptors (Lipinski definition) is 5. The van der Waals surface area contributed by atoms with Crippen LogP contribution in [0.3, 0.4) is 0 Å². The Balaban J connectivity index is 1.66. The molecule has 0 amide bonds. The van der Waals surface area contributed by atoms with E-state index in [0.29, 0.717) is 24.7 Å². The van der Waals surface area contributed by atoms with Crippen LogP contribution in [0.1, 0.15) is 71.6 Å². The van der Waals surface area contributed by atoms with E-state index >= 15 is 0 Å². The summed E-state index contributed by atoms with van der Waals surface area (Å²) in [6.45, 7) is 4.70. The molecule has 7 atom stereocenters. The number of aliphatic hydroxyl groups is 1. The number of unbranched alkanes of at least 4 members (excludes halogenated alkanes) is 1. The molecule has 4 unspecified atom stereocenters. The zero-order valence-electron chi connectivity index (χ0n) is 21.0. The number of ether oxygens (including phenoxy) is 3. The van der Waals surface area contributed by atoms with Gasteiger partial charge in [-0.2, -0.15) is 0 Å². The van der Waals surface area contributed by atoms with Crippen LogP contribution in [0.4, 0.5) is 0 Å².